The molecule has 8 aromatic rings. The van der Waals surface area contributed by atoms with E-state index < -0.39 is 86.1 Å². The first-order chi connectivity index (χ1) is 46.4. The number of aliphatic carboxylic acids is 1. The number of hydrogen-bond acceptors (Lipinski definition) is 11. The minimum atomic E-state index is -4.14. The standard InChI is InChI=1S/C38H44F2N2O6S.C38H42F2N2O5S.Na/c1-25(2)36-38(49(47,48)41-19-16-27(17-20-41)22-26-6-4-3-5-7-26)35(28-8-12-30(39)13-9-28)37(29-10-14-31(40)15-11-29)42(36)21-18-32(43)23-33(44)24-34(45)46;1-25(2)36-38(48(45,46)41-19-16-27(17-20-41)22-26-6-4-3-5-7-26)35(28-8-12-30(39)13-9-28)37(29-10-14-31(40)15-11-29)42(36)21-18-33-23-32(43)24-34(44)47-33;/h3-15,25,27,32-33,43-44H,16-24H2,1-2H3,(H,45,46);3-15,25,27,32-33,43H,16-24H2,1-2H3;/q;;+1/p-1/t2*32-,33-;/m11./s1. The average molecular weight is 1390 g/mol. The van der Waals surface area contributed by atoms with Crippen LogP contribution in [0.15, 0.2) is 168 Å². The van der Waals surface area contributed by atoms with Crippen molar-refractivity contribution in [2.75, 3.05) is 26.2 Å². The number of rotatable bonds is 24. The van der Waals surface area contributed by atoms with Crippen molar-refractivity contribution >= 4 is 32.0 Å². The monoisotopic (exact) mass is 1390 g/mol. The van der Waals surface area contributed by atoms with E-state index in [2.05, 4.69) is 24.3 Å². The van der Waals surface area contributed by atoms with Gasteiger partial charge in [0.05, 0.1) is 36.1 Å². The molecule has 3 N–H and O–H groups in total. The maximum absolute atomic E-state index is 15.0. The van der Waals surface area contributed by atoms with E-state index in [4.69, 9.17) is 4.74 Å². The molecule has 3 aliphatic heterocycles. The molecular weight excluding hydrogens is 1310 g/mol. The molecule has 4 atom stereocenters. The summed E-state index contributed by atoms with van der Waals surface area (Å²) in [4.78, 5) is 23.4. The van der Waals surface area contributed by atoms with Crippen molar-refractivity contribution in [3.05, 3.63) is 204 Å². The van der Waals surface area contributed by atoms with Gasteiger partial charge in [0.25, 0.3) is 0 Å². The number of piperidine rings is 2. The number of sulfonamides is 2. The van der Waals surface area contributed by atoms with Crippen LogP contribution >= 0.6 is 0 Å². The molecule has 15 nitrogen and oxygen atoms in total. The molecular formula is C76H85F4N4NaO11S2. The smallest absolute Gasteiger partial charge is 0.550 e. The number of nitrogens with zero attached hydrogens (tertiary/aromatic N) is 4. The topological polar surface area (TPSA) is 212 Å². The normalized spacial score (nSPS) is 17.5. The average Bonchev–Trinajstić information content (AvgIpc) is 1.57. The zero-order valence-corrected chi connectivity index (χ0v) is 59.7. The first-order valence-corrected chi connectivity index (χ1v) is 36.3. The van der Waals surface area contributed by atoms with Crippen molar-refractivity contribution in [1.29, 1.82) is 0 Å². The number of aliphatic hydroxyl groups is 3. The van der Waals surface area contributed by atoms with E-state index in [-0.39, 0.29) is 90.0 Å². The molecule has 0 radical (unpaired) electrons. The number of aliphatic hydroxyl groups excluding tert-OH is 3. The molecule has 0 saturated carbocycles. The molecule has 0 unspecified atom stereocenters. The number of halogens is 4. The van der Waals surface area contributed by atoms with Gasteiger partial charge in [0, 0.05) is 87.0 Å². The molecule has 0 bridgehead atoms. The number of cyclic esters (lactones) is 1. The summed E-state index contributed by atoms with van der Waals surface area (Å²) in [5.41, 5.74) is 7.41. The van der Waals surface area contributed by atoms with E-state index in [1.54, 1.807) is 40.7 Å². The number of ether oxygens (including phenoxy) is 1. The molecule has 0 aliphatic carbocycles. The predicted molar refractivity (Wildman–Crippen MR) is 362 cm³/mol. The van der Waals surface area contributed by atoms with E-state index >= 15 is 0 Å². The van der Waals surface area contributed by atoms with Crippen LogP contribution in [0.4, 0.5) is 17.6 Å². The van der Waals surface area contributed by atoms with Gasteiger partial charge in [-0.15, -0.1) is 0 Å². The van der Waals surface area contributed by atoms with Crippen LogP contribution in [0.25, 0.3) is 44.8 Å². The van der Waals surface area contributed by atoms with E-state index in [0.29, 0.717) is 113 Å². The second-order valence-corrected chi connectivity index (χ2v) is 30.2. The van der Waals surface area contributed by atoms with E-state index in [0.717, 1.165) is 25.7 Å². The SMILES string of the molecule is CC(C)c1c(S(=O)(=O)N2CCC(Cc3ccccc3)CC2)c(-c2ccc(F)cc2)c(-c2ccc(F)cc2)n1CC[C@@H](O)C[C@@H](O)CC(=O)[O-].CC(C)c1c(S(=O)(=O)N2CCC(Cc3ccccc3)CC2)c(-c2ccc(F)cc2)c(-c2ccc(F)cc2)n1CC[C@@H]1C[C@@H](O)CC(=O)O1.[Na+]. The Bertz CT molecular complexity index is 4200. The summed E-state index contributed by atoms with van der Waals surface area (Å²) in [7, 11) is -8.22. The van der Waals surface area contributed by atoms with E-state index in [1.807, 2.05) is 73.2 Å². The minimum absolute atomic E-state index is 0. The summed E-state index contributed by atoms with van der Waals surface area (Å²) < 4.78 is 129. The van der Waals surface area contributed by atoms with Crippen LogP contribution < -0.4 is 34.7 Å². The van der Waals surface area contributed by atoms with Crippen LogP contribution in [-0.2, 0) is 60.3 Å². The van der Waals surface area contributed by atoms with Crippen molar-refractivity contribution in [1.82, 2.24) is 17.7 Å². The van der Waals surface area contributed by atoms with Gasteiger partial charge in [-0.3, -0.25) is 4.79 Å². The summed E-state index contributed by atoms with van der Waals surface area (Å²) >= 11 is 0. The van der Waals surface area contributed by atoms with Gasteiger partial charge in [0.15, 0.2) is 0 Å². The van der Waals surface area contributed by atoms with Gasteiger partial charge in [-0.1, -0.05) is 113 Å². The molecule has 5 heterocycles. The maximum atomic E-state index is 15.0. The third-order valence-corrected chi connectivity index (χ3v) is 22.7. The largest absolute Gasteiger partial charge is 1.00 e. The number of carbonyl (C=O) groups is 2. The summed E-state index contributed by atoms with van der Waals surface area (Å²) in [6.45, 7) is 9.38. The second kappa shape index (κ2) is 33.6. The summed E-state index contributed by atoms with van der Waals surface area (Å²) in [6.07, 6.45) is 0.527. The van der Waals surface area contributed by atoms with Crippen molar-refractivity contribution < 1.29 is 98.7 Å². The van der Waals surface area contributed by atoms with Crippen LogP contribution in [0.5, 0.6) is 0 Å². The Morgan fingerprint density at radius 3 is 1.28 bits per heavy atom. The molecule has 0 spiro atoms. The molecule has 516 valence electrons. The fraction of sp³-hybridized carbons (Fsp3) is 0.395. The quantitative estimate of drug-likeness (QED) is 0.0294. The number of carbonyl (C=O) groups excluding carboxylic acids is 2. The Labute approximate surface area is 594 Å². The fourth-order valence-electron chi connectivity index (χ4n) is 14.1. The zero-order chi connectivity index (χ0) is 69.3. The molecule has 11 rings (SSSR count). The molecule has 0 amide bonds. The molecule has 3 saturated heterocycles. The Balaban J connectivity index is 0.000000227. The van der Waals surface area contributed by atoms with Gasteiger partial charge in [-0.05, 0) is 181 Å². The van der Waals surface area contributed by atoms with Gasteiger partial charge in [-0.2, -0.15) is 8.61 Å². The Kier molecular flexibility index (Phi) is 25.9. The Hall–Kier alpha value is -6.76. The third-order valence-electron chi connectivity index (χ3n) is 18.7. The number of benzene rings is 6. The molecule has 3 aliphatic rings. The van der Waals surface area contributed by atoms with Crippen LogP contribution in [0.3, 0.4) is 0 Å². The van der Waals surface area contributed by atoms with Crippen molar-refractivity contribution in [2.45, 2.75) is 164 Å². The molecule has 98 heavy (non-hydrogen) atoms. The van der Waals surface area contributed by atoms with E-state index in [9.17, 15) is 64.4 Å². The Morgan fingerprint density at radius 1 is 0.551 bits per heavy atom. The third kappa shape index (κ3) is 18.2. The first-order valence-electron chi connectivity index (χ1n) is 33.4. The summed E-state index contributed by atoms with van der Waals surface area (Å²) in [5.74, 6) is -3.68. The van der Waals surface area contributed by atoms with Gasteiger partial charge in [-0.25, -0.2) is 34.4 Å². The number of aromatic nitrogens is 2. The van der Waals surface area contributed by atoms with Crippen LogP contribution in [0, 0.1) is 35.1 Å². The van der Waals surface area contributed by atoms with Crippen LogP contribution in [0.2, 0.25) is 0 Å². The van der Waals surface area contributed by atoms with Crippen LogP contribution in [-0.4, -0.2) is 112 Å². The van der Waals surface area contributed by atoms with Gasteiger partial charge in [0.1, 0.15) is 39.2 Å². The van der Waals surface area contributed by atoms with E-state index in [1.165, 1.54) is 76.1 Å². The molecule has 22 heteroatoms. The van der Waals surface area contributed by atoms with Crippen molar-refractivity contribution in [3.63, 3.8) is 0 Å². The minimum Gasteiger partial charge on any atom is -0.550 e. The fourth-order valence-corrected chi connectivity index (χ4v) is 18.2. The number of carboxylic acids is 1. The molecule has 3 fully saturated rings. The van der Waals surface area contributed by atoms with Gasteiger partial charge < -0.3 is 39.1 Å². The number of esters is 1. The maximum Gasteiger partial charge on any atom is 1.00 e. The van der Waals surface area contributed by atoms with Crippen LogP contribution in [0.1, 0.15) is 126 Å². The molecule has 6 aromatic carbocycles. The van der Waals surface area contributed by atoms with Crippen molar-refractivity contribution in [2.24, 2.45) is 11.8 Å². The Morgan fingerprint density at radius 2 is 0.918 bits per heavy atom. The van der Waals surface area contributed by atoms with Gasteiger partial charge in [0.2, 0.25) is 20.0 Å². The number of hydrogen-bond donors (Lipinski definition) is 3. The zero-order valence-electron chi connectivity index (χ0n) is 56.1. The first kappa shape index (κ1) is 75.4. The second-order valence-electron chi connectivity index (χ2n) is 26.5. The molecule has 2 aromatic heterocycles. The summed E-state index contributed by atoms with van der Waals surface area (Å²) in [6, 6.07) is 43.3. The number of carboxylic acid groups (broad SMARTS) is 1. The predicted octanol–water partition coefficient (Wildman–Crippen LogP) is 9.84. The summed E-state index contributed by atoms with van der Waals surface area (Å²) in [5, 5.41) is 42.2. The van der Waals surface area contributed by atoms with Gasteiger partial charge >= 0.3 is 35.5 Å². The van der Waals surface area contributed by atoms with Crippen molar-refractivity contribution in [3.8, 4) is 44.8 Å².